The Balaban J connectivity index is 1.95. The molecule has 1 aromatic heterocycles. The first-order valence-electron chi connectivity index (χ1n) is 6.62. The number of nitrogens with zero attached hydrogens (tertiary/aromatic N) is 1. The topological polar surface area (TPSA) is 68.0 Å². The maximum atomic E-state index is 12.2. The molecule has 4 nitrogen and oxygen atoms in total. The molecule has 4 heteroatoms. The van der Waals surface area contributed by atoms with E-state index in [1.807, 2.05) is 19.1 Å². The van der Waals surface area contributed by atoms with Gasteiger partial charge in [-0.15, -0.1) is 0 Å². The van der Waals surface area contributed by atoms with Gasteiger partial charge in [0.2, 0.25) is 5.91 Å². The fourth-order valence-electron chi connectivity index (χ4n) is 2.72. The van der Waals surface area contributed by atoms with Crippen molar-refractivity contribution in [1.82, 2.24) is 10.3 Å². The van der Waals surface area contributed by atoms with E-state index in [-0.39, 0.29) is 17.9 Å². The number of carbonyl (C=O) groups excluding carboxylic acids is 1. The molecule has 1 aliphatic carbocycles. The van der Waals surface area contributed by atoms with Gasteiger partial charge in [0.25, 0.3) is 0 Å². The average molecular weight is 247 g/mol. The van der Waals surface area contributed by atoms with Crippen molar-refractivity contribution in [1.29, 1.82) is 0 Å². The second-order valence-electron chi connectivity index (χ2n) is 5.04. The molecule has 0 saturated heterocycles. The summed E-state index contributed by atoms with van der Waals surface area (Å²) in [5.41, 5.74) is 6.80. The predicted molar refractivity (Wildman–Crippen MR) is 70.7 cm³/mol. The molecule has 0 bridgehead atoms. The highest BCUT2D eigenvalue weighted by Crippen LogP contribution is 2.31. The molecule has 2 rings (SSSR count). The fourth-order valence-corrected chi connectivity index (χ4v) is 2.72. The van der Waals surface area contributed by atoms with Crippen LogP contribution in [-0.4, -0.2) is 17.4 Å². The average Bonchev–Trinajstić information content (AvgIpc) is 2.88. The number of nitrogens with two attached hydrogens (primary N) is 1. The molecule has 1 amide bonds. The lowest BCUT2D eigenvalue weighted by atomic mass is 9.95. The summed E-state index contributed by atoms with van der Waals surface area (Å²) < 4.78 is 0. The van der Waals surface area contributed by atoms with Gasteiger partial charge in [0.1, 0.15) is 0 Å². The van der Waals surface area contributed by atoms with Crippen LogP contribution in [0, 0.1) is 11.8 Å². The maximum Gasteiger partial charge on any atom is 0.223 e. The van der Waals surface area contributed by atoms with Crippen LogP contribution in [0.2, 0.25) is 0 Å². The summed E-state index contributed by atoms with van der Waals surface area (Å²) in [6.07, 6.45) is 6.66. The lowest BCUT2D eigenvalue weighted by Crippen LogP contribution is -2.36. The number of aromatic nitrogens is 1. The monoisotopic (exact) mass is 247 g/mol. The van der Waals surface area contributed by atoms with Crippen LogP contribution in [-0.2, 0) is 4.79 Å². The number of rotatable bonds is 4. The van der Waals surface area contributed by atoms with Crippen molar-refractivity contribution in [2.24, 2.45) is 17.6 Å². The molecule has 0 aliphatic heterocycles. The van der Waals surface area contributed by atoms with E-state index in [2.05, 4.69) is 10.3 Å². The van der Waals surface area contributed by atoms with Gasteiger partial charge in [-0.05, 0) is 49.9 Å². The minimum Gasteiger partial charge on any atom is -0.349 e. The first kappa shape index (κ1) is 13.0. The van der Waals surface area contributed by atoms with Crippen LogP contribution in [0.5, 0.6) is 0 Å². The van der Waals surface area contributed by atoms with Crippen molar-refractivity contribution in [2.75, 3.05) is 6.54 Å². The van der Waals surface area contributed by atoms with E-state index in [1.165, 1.54) is 0 Å². The zero-order chi connectivity index (χ0) is 13.0. The summed E-state index contributed by atoms with van der Waals surface area (Å²) in [5.74, 6) is 0.598. The number of hydrogen-bond acceptors (Lipinski definition) is 3. The molecule has 1 saturated carbocycles. The Kier molecular flexibility index (Phi) is 4.31. The van der Waals surface area contributed by atoms with Gasteiger partial charge in [0.05, 0.1) is 6.04 Å². The van der Waals surface area contributed by atoms with Crippen molar-refractivity contribution in [2.45, 2.75) is 32.2 Å². The third-order valence-electron chi connectivity index (χ3n) is 3.86. The van der Waals surface area contributed by atoms with Crippen LogP contribution in [0.1, 0.15) is 37.8 Å². The van der Waals surface area contributed by atoms with Crippen LogP contribution in [0.25, 0.3) is 0 Å². The predicted octanol–water partition coefficient (Wildman–Crippen LogP) is 1.63. The summed E-state index contributed by atoms with van der Waals surface area (Å²) in [6.45, 7) is 2.61. The molecule has 1 fully saturated rings. The van der Waals surface area contributed by atoms with E-state index in [4.69, 9.17) is 5.73 Å². The van der Waals surface area contributed by atoms with E-state index < -0.39 is 0 Å². The summed E-state index contributed by atoms with van der Waals surface area (Å²) in [7, 11) is 0. The minimum atomic E-state index is 0.0273. The second kappa shape index (κ2) is 5.96. The highest BCUT2D eigenvalue weighted by molar-refractivity contribution is 5.79. The summed E-state index contributed by atoms with van der Waals surface area (Å²) >= 11 is 0. The molecular weight excluding hydrogens is 226 g/mol. The number of carbonyl (C=O) groups is 1. The third-order valence-corrected chi connectivity index (χ3v) is 3.86. The largest absolute Gasteiger partial charge is 0.349 e. The molecule has 98 valence electrons. The number of pyridine rings is 1. The third kappa shape index (κ3) is 2.88. The van der Waals surface area contributed by atoms with Gasteiger partial charge in [-0.25, -0.2) is 0 Å². The summed E-state index contributed by atoms with van der Waals surface area (Å²) in [5, 5.41) is 3.08. The standard InChI is InChI=1S/C14H21N3O/c1-10(11-5-7-16-8-6-11)17-14(18)13-4-2-3-12(13)9-15/h5-8,10,12-13H,2-4,9,15H2,1H3,(H,17,18)/t10-,12?,13?/m1/s1. The number of amides is 1. The fraction of sp³-hybridized carbons (Fsp3) is 0.571. The first-order chi connectivity index (χ1) is 8.72. The quantitative estimate of drug-likeness (QED) is 0.849. The Bertz CT molecular complexity index is 393. The van der Waals surface area contributed by atoms with Crippen LogP contribution < -0.4 is 11.1 Å². The van der Waals surface area contributed by atoms with E-state index in [1.54, 1.807) is 12.4 Å². The zero-order valence-electron chi connectivity index (χ0n) is 10.8. The van der Waals surface area contributed by atoms with Gasteiger partial charge < -0.3 is 11.1 Å². The number of hydrogen-bond donors (Lipinski definition) is 2. The first-order valence-corrected chi connectivity index (χ1v) is 6.62. The Morgan fingerprint density at radius 1 is 1.50 bits per heavy atom. The van der Waals surface area contributed by atoms with Gasteiger partial charge in [-0.3, -0.25) is 9.78 Å². The summed E-state index contributed by atoms with van der Waals surface area (Å²) in [4.78, 5) is 16.2. The van der Waals surface area contributed by atoms with Crippen molar-refractivity contribution >= 4 is 5.91 Å². The lowest BCUT2D eigenvalue weighted by Gasteiger charge is -2.21. The molecule has 3 N–H and O–H groups in total. The molecule has 18 heavy (non-hydrogen) atoms. The van der Waals surface area contributed by atoms with Gasteiger partial charge in [0.15, 0.2) is 0 Å². The minimum absolute atomic E-state index is 0.0273. The smallest absolute Gasteiger partial charge is 0.223 e. The lowest BCUT2D eigenvalue weighted by molar-refractivity contribution is -0.126. The van der Waals surface area contributed by atoms with Crippen molar-refractivity contribution in [3.63, 3.8) is 0 Å². The van der Waals surface area contributed by atoms with Gasteiger partial charge in [-0.2, -0.15) is 0 Å². The Morgan fingerprint density at radius 2 is 2.22 bits per heavy atom. The maximum absolute atomic E-state index is 12.2. The van der Waals surface area contributed by atoms with Gasteiger partial charge >= 0.3 is 0 Å². The highest BCUT2D eigenvalue weighted by atomic mass is 16.2. The molecule has 0 spiro atoms. The Labute approximate surface area is 108 Å². The van der Waals surface area contributed by atoms with Crippen LogP contribution in [0.4, 0.5) is 0 Å². The van der Waals surface area contributed by atoms with Crippen LogP contribution in [0.3, 0.4) is 0 Å². The molecule has 0 aromatic carbocycles. The molecule has 2 unspecified atom stereocenters. The Morgan fingerprint density at radius 3 is 2.89 bits per heavy atom. The van der Waals surface area contributed by atoms with Crippen LogP contribution >= 0.6 is 0 Å². The van der Waals surface area contributed by atoms with Gasteiger partial charge in [-0.1, -0.05) is 6.42 Å². The molecule has 0 radical (unpaired) electrons. The number of nitrogens with one attached hydrogen (secondary N) is 1. The molecule has 1 aliphatic rings. The molecular formula is C14H21N3O. The zero-order valence-corrected chi connectivity index (χ0v) is 10.8. The van der Waals surface area contributed by atoms with E-state index in [0.29, 0.717) is 12.5 Å². The molecule has 1 heterocycles. The Hall–Kier alpha value is -1.42. The van der Waals surface area contributed by atoms with Crippen molar-refractivity contribution in [3.05, 3.63) is 30.1 Å². The normalized spacial score (nSPS) is 24.8. The highest BCUT2D eigenvalue weighted by Gasteiger charge is 2.32. The van der Waals surface area contributed by atoms with Crippen molar-refractivity contribution in [3.8, 4) is 0 Å². The second-order valence-corrected chi connectivity index (χ2v) is 5.04. The van der Waals surface area contributed by atoms with E-state index >= 15 is 0 Å². The van der Waals surface area contributed by atoms with Crippen LogP contribution in [0.15, 0.2) is 24.5 Å². The van der Waals surface area contributed by atoms with Gasteiger partial charge in [0, 0.05) is 18.3 Å². The molecule has 3 atom stereocenters. The van der Waals surface area contributed by atoms with Crippen molar-refractivity contribution < 1.29 is 4.79 Å². The SMILES string of the molecule is C[C@@H](NC(=O)C1CCCC1CN)c1ccncc1. The molecule has 1 aromatic rings. The summed E-state index contributed by atoms with van der Waals surface area (Å²) in [6, 6.07) is 3.89. The van der Waals surface area contributed by atoms with E-state index in [9.17, 15) is 4.79 Å². The van der Waals surface area contributed by atoms with E-state index in [0.717, 1.165) is 24.8 Å².